The minimum atomic E-state index is 0.0360. The minimum Gasteiger partial charge on any atom is -0.497 e. The zero-order valence-electron chi connectivity index (χ0n) is 16.7. The van der Waals surface area contributed by atoms with Gasteiger partial charge in [0.1, 0.15) is 5.75 Å². The van der Waals surface area contributed by atoms with E-state index in [0.717, 1.165) is 69.1 Å². The van der Waals surface area contributed by atoms with Gasteiger partial charge in [-0.25, -0.2) is 9.97 Å². The highest BCUT2D eigenvalue weighted by molar-refractivity contribution is 5.73. The zero-order chi connectivity index (χ0) is 19.5. The maximum atomic E-state index is 12.0. The summed E-state index contributed by atoms with van der Waals surface area (Å²) in [6.07, 6.45) is 6.06. The molecule has 0 radical (unpaired) electrons. The molecule has 28 heavy (non-hydrogen) atoms. The molecule has 1 aromatic carbocycles. The maximum absolute atomic E-state index is 12.0. The first-order valence-electron chi connectivity index (χ1n) is 10.1. The first kappa shape index (κ1) is 18.9. The highest BCUT2D eigenvalue weighted by Crippen LogP contribution is 2.30. The Labute approximate surface area is 166 Å². The third-order valence-electron chi connectivity index (χ3n) is 5.80. The number of benzene rings is 1. The summed E-state index contributed by atoms with van der Waals surface area (Å²) in [4.78, 5) is 25.9. The molecule has 6 heteroatoms. The molecule has 1 fully saturated rings. The predicted molar refractivity (Wildman–Crippen MR) is 107 cm³/mol. The number of aromatic nitrogens is 2. The van der Waals surface area contributed by atoms with Gasteiger partial charge in [0.15, 0.2) is 5.82 Å². The van der Waals surface area contributed by atoms with Crippen LogP contribution in [-0.2, 0) is 24.3 Å². The number of carbonyl (C=O) groups is 1. The van der Waals surface area contributed by atoms with E-state index in [1.165, 1.54) is 11.1 Å². The fourth-order valence-corrected chi connectivity index (χ4v) is 4.25. The molecule has 1 saturated heterocycles. The molecule has 2 aromatic rings. The standard InChI is InChI=1S/C22H28N4O2/c1-16(27)26-11-4-3-5-21(26)22-23-13-18-15-25(12-10-20(18)24-22)14-17-6-8-19(28-2)9-7-17/h6-9,13,21H,3-5,10-12,14-15H2,1-2H3/t21-/m1/s1. The number of hydrogen-bond acceptors (Lipinski definition) is 5. The van der Waals surface area contributed by atoms with E-state index < -0.39 is 0 Å². The Bertz CT molecular complexity index is 837. The van der Waals surface area contributed by atoms with Gasteiger partial charge in [0.05, 0.1) is 13.2 Å². The molecule has 1 amide bonds. The lowest BCUT2D eigenvalue weighted by Gasteiger charge is -2.35. The van der Waals surface area contributed by atoms with Crippen LogP contribution < -0.4 is 4.74 Å². The lowest BCUT2D eigenvalue weighted by molar-refractivity contribution is -0.132. The molecule has 0 saturated carbocycles. The fourth-order valence-electron chi connectivity index (χ4n) is 4.25. The van der Waals surface area contributed by atoms with Gasteiger partial charge >= 0.3 is 0 Å². The summed E-state index contributed by atoms with van der Waals surface area (Å²) in [5.74, 6) is 1.82. The van der Waals surface area contributed by atoms with Crippen molar-refractivity contribution in [3.63, 3.8) is 0 Å². The number of carbonyl (C=O) groups excluding carboxylic acids is 1. The second kappa shape index (κ2) is 8.27. The molecule has 3 heterocycles. The van der Waals surface area contributed by atoms with Crippen LogP contribution in [0.4, 0.5) is 0 Å². The minimum absolute atomic E-state index is 0.0360. The number of likely N-dealkylation sites (tertiary alicyclic amines) is 1. The molecular weight excluding hydrogens is 352 g/mol. The SMILES string of the molecule is COc1ccc(CN2CCc3nc([C@H]4CCCCN4C(C)=O)ncc3C2)cc1. The van der Waals surface area contributed by atoms with Crippen molar-refractivity contribution in [1.82, 2.24) is 19.8 Å². The first-order valence-corrected chi connectivity index (χ1v) is 10.1. The van der Waals surface area contributed by atoms with E-state index in [9.17, 15) is 4.79 Å². The second-order valence-corrected chi connectivity index (χ2v) is 7.73. The van der Waals surface area contributed by atoms with E-state index in [0.29, 0.717) is 0 Å². The molecule has 0 N–H and O–H groups in total. The van der Waals surface area contributed by atoms with Crippen molar-refractivity contribution in [1.29, 1.82) is 0 Å². The van der Waals surface area contributed by atoms with Crippen molar-refractivity contribution in [2.24, 2.45) is 0 Å². The topological polar surface area (TPSA) is 58.6 Å². The van der Waals surface area contributed by atoms with Crippen LogP contribution in [0, 0.1) is 0 Å². The molecule has 1 aromatic heterocycles. The maximum Gasteiger partial charge on any atom is 0.220 e. The number of methoxy groups -OCH3 is 1. The Morgan fingerprint density at radius 2 is 2.04 bits per heavy atom. The van der Waals surface area contributed by atoms with Crippen LogP contribution in [0.15, 0.2) is 30.5 Å². The van der Waals surface area contributed by atoms with E-state index in [-0.39, 0.29) is 11.9 Å². The average Bonchev–Trinajstić information content (AvgIpc) is 2.74. The van der Waals surface area contributed by atoms with Crippen molar-refractivity contribution in [3.8, 4) is 5.75 Å². The number of piperidine rings is 1. The molecule has 2 aliphatic heterocycles. The Balaban J connectivity index is 1.45. The van der Waals surface area contributed by atoms with Gasteiger partial charge in [0.2, 0.25) is 5.91 Å². The van der Waals surface area contributed by atoms with Crippen LogP contribution in [-0.4, -0.2) is 45.9 Å². The van der Waals surface area contributed by atoms with Gasteiger partial charge in [0.25, 0.3) is 0 Å². The summed E-state index contributed by atoms with van der Waals surface area (Å²) in [6.45, 7) is 5.22. The average molecular weight is 380 g/mol. The number of ether oxygens (including phenoxy) is 1. The Hall–Kier alpha value is -2.47. The Morgan fingerprint density at radius 1 is 1.21 bits per heavy atom. The van der Waals surface area contributed by atoms with E-state index in [1.54, 1.807) is 14.0 Å². The van der Waals surface area contributed by atoms with Gasteiger partial charge in [-0.15, -0.1) is 0 Å². The van der Waals surface area contributed by atoms with E-state index >= 15 is 0 Å². The summed E-state index contributed by atoms with van der Waals surface area (Å²) in [5, 5.41) is 0. The van der Waals surface area contributed by atoms with Crippen molar-refractivity contribution in [2.45, 2.75) is 51.7 Å². The van der Waals surface area contributed by atoms with E-state index in [2.05, 4.69) is 22.0 Å². The molecule has 1 atom stereocenters. The van der Waals surface area contributed by atoms with Crippen molar-refractivity contribution in [3.05, 3.63) is 53.1 Å². The zero-order valence-corrected chi connectivity index (χ0v) is 16.7. The summed E-state index contributed by atoms with van der Waals surface area (Å²) in [6, 6.07) is 8.29. The van der Waals surface area contributed by atoms with Gasteiger partial charge in [-0.1, -0.05) is 12.1 Å². The molecule has 2 aliphatic rings. The highest BCUT2D eigenvalue weighted by Gasteiger charge is 2.29. The first-order chi connectivity index (χ1) is 13.6. The van der Waals surface area contributed by atoms with Gasteiger partial charge in [-0.2, -0.15) is 0 Å². The smallest absolute Gasteiger partial charge is 0.220 e. The monoisotopic (exact) mass is 380 g/mol. The number of nitrogens with zero attached hydrogens (tertiary/aromatic N) is 4. The summed E-state index contributed by atoms with van der Waals surface area (Å²) >= 11 is 0. The molecule has 0 spiro atoms. The number of rotatable bonds is 4. The van der Waals surface area contributed by atoms with Crippen LogP contribution >= 0.6 is 0 Å². The quantitative estimate of drug-likeness (QED) is 0.816. The summed E-state index contributed by atoms with van der Waals surface area (Å²) in [5.41, 5.74) is 3.62. The molecule has 0 aliphatic carbocycles. The second-order valence-electron chi connectivity index (χ2n) is 7.73. The lowest BCUT2D eigenvalue weighted by atomic mass is 10.0. The highest BCUT2D eigenvalue weighted by atomic mass is 16.5. The van der Waals surface area contributed by atoms with E-state index in [4.69, 9.17) is 9.72 Å². The van der Waals surface area contributed by atoms with Crippen molar-refractivity contribution in [2.75, 3.05) is 20.2 Å². The van der Waals surface area contributed by atoms with Crippen LogP contribution in [0.2, 0.25) is 0 Å². The molecule has 0 unspecified atom stereocenters. The Morgan fingerprint density at radius 3 is 2.79 bits per heavy atom. The van der Waals surface area contributed by atoms with Gasteiger partial charge in [0, 0.05) is 57.0 Å². The van der Waals surface area contributed by atoms with Crippen molar-refractivity contribution < 1.29 is 9.53 Å². The third kappa shape index (κ3) is 4.02. The number of hydrogen-bond donors (Lipinski definition) is 0. The van der Waals surface area contributed by atoms with Crippen LogP contribution in [0.25, 0.3) is 0 Å². The fraction of sp³-hybridized carbons (Fsp3) is 0.500. The van der Waals surface area contributed by atoms with Crippen LogP contribution in [0.1, 0.15) is 54.9 Å². The predicted octanol–water partition coefficient (Wildman–Crippen LogP) is 3.12. The normalized spacial score (nSPS) is 19.9. The lowest BCUT2D eigenvalue weighted by Crippen LogP contribution is -2.38. The molecule has 0 bridgehead atoms. The molecule has 4 rings (SSSR count). The van der Waals surface area contributed by atoms with Crippen LogP contribution in [0.5, 0.6) is 5.75 Å². The number of fused-ring (bicyclic) bond motifs is 1. The van der Waals surface area contributed by atoms with Crippen molar-refractivity contribution >= 4 is 5.91 Å². The van der Waals surface area contributed by atoms with Gasteiger partial charge in [-0.05, 0) is 37.0 Å². The van der Waals surface area contributed by atoms with Crippen LogP contribution in [0.3, 0.4) is 0 Å². The largest absolute Gasteiger partial charge is 0.497 e. The number of amides is 1. The van der Waals surface area contributed by atoms with Gasteiger partial charge in [-0.3, -0.25) is 9.69 Å². The molecular formula is C22H28N4O2. The summed E-state index contributed by atoms with van der Waals surface area (Å²) in [7, 11) is 1.69. The van der Waals surface area contributed by atoms with E-state index in [1.807, 2.05) is 23.2 Å². The molecule has 6 nitrogen and oxygen atoms in total. The third-order valence-corrected chi connectivity index (χ3v) is 5.80. The molecule has 148 valence electrons. The van der Waals surface area contributed by atoms with Gasteiger partial charge < -0.3 is 9.64 Å². The Kier molecular flexibility index (Phi) is 5.57. The summed E-state index contributed by atoms with van der Waals surface area (Å²) < 4.78 is 5.23.